The van der Waals surface area contributed by atoms with Crippen molar-refractivity contribution in [3.8, 4) is 5.75 Å². The van der Waals surface area contributed by atoms with Gasteiger partial charge in [0.1, 0.15) is 11.6 Å². The molecule has 0 aromatic heterocycles. The molecule has 1 aromatic rings. The highest BCUT2D eigenvalue weighted by molar-refractivity contribution is 5.80. The summed E-state index contributed by atoms with van der Waals surface area (Å²) in [6.45, 7) is 3.02. The molecule has 0 atom stereocenters. The van der Waals surface area contributed by atoms with Gasteiger partial charge in [0.05, 0.1) is 6.54 Å². The summed E-state index contributed by atoms with van der Waals surface area (Å²) in [4.78, 5) is 31.4. The summed E-state index contributed by atoms with van der Waals surface area (Å²) in [6, 6.07) is 6.57. The molecule has 0 unspecified atom stereocenters. The van der Waals surface area contributed by atoms with Crippen LogP contribution in [0.25, 0.3) is 0 Å². The number of benzene rings is 1. The van der Waals surface area contributed by atoms with Gasteiger partial charge in [-0.05, 0) is 49.9 Å². The third kappa shape index (κ3) is 5.26. The molecule has 3 fully saturated rings. The van der Waals surface area contributed by atoms with Crippen molar-refractivity contribution in [1.29, 1.82) is 0 Å². The number of amides is 2. The van der Waals surface area contributed by atoms with Crippen molar-refractivity contribution in [1.82, 2.24) is 14.7 Å². The molecule has 2 aliphatic carbocycles. The Morgan fingerprint density at radius 3 is 2.21 bits per heavy atom. The van der Waals surface area contributed by atoms with Crippen LogP contribution >= 0.6 is 0 Å². The third-order valence-electron chi connectivity index (χ3n) is 6.21. The summed E-state index contributed by atoms with van der Waals surface area (Å²) in [5, 5.41) is 0. The number of hydrogen-bond donors (Lipinski definition) is 0. The van der Waals surface area contributed by atoms with Crippen molar-refractivity contribution >= 4 is 11.8 Å². The Morgan fingerprint density at radius 1 is 0.966 bits per heavy atom. The van der Waals surface area contributed by atoms with Crippen molar-refractivity contribution in [2.24, 2.45) is 0 Å². The van der Waals surface area contributed by atoms with Gasteiger partial charge in [-0.1, -0.05) is 12.8 Å². The number of rotatable bonds is 7. The van der Waals surface area contributed by atoms with E-state index in [4.69, 9.17) is 4.74 Å². The van der Waals surface area contributed by atoms with Gasteiger partial charge in [-0.15, -0.1) is 0 Å². The van der Waals surface area contributed by atoms with Crippen molar-refractivity contribution in [3.63, 3.8) is 0 Å². The molecule has 0 spiro atoms. The molecule has 2 amide bonds. The minimum Gasteiger partial charge on any atom is -0.484 e. The zero-order valence-electron chi connectivity index (χ0n) is 16.9. The molecule has 1 aromatic carbocycles. The van der Waals surface area contributed by atoms with Gasteiger partial charge in [-0.25, -0.2) is 4.39 Å². The van der Waals surface area contributed by atoms with Crippen molar-refractivity contribution in [2.75, 3.05) is 39.3 Å². The SMILES string of the molecule is O=C(COc1ccc(F)cc1)N1CCN(CC(=O)N(C2CCCC2)C2CC2)CC1. The number of carbonyl (C=O) groups excluding carboxylic acids is 2. The second-order valence-corrected chi connectivity index (χ2v) is 8.37. The monoisotopic (exact) mass is 403 g/mol. The highest BCUT2D eigenvalue weighted by Gasteiger charge is 2.38. The Balaban J connectivity index is 1.21. The first kappa shape index (κ1) is 20.1. The standard InChI is InChI=1S/C22H30FN3O3/c23-17-5-9-20(10-6-17)29-16-22(28)25-13-11-24(12-14-25)15-21(27)26(19-7-8-19)18-3-1-2-4-18/h5-6,9-10,18-19H,1-4,7-8,11-16H2. The van der Waals surface area contributed by atoms with Gasteiger partial charge in [0.25, 0.3) is 5.91 Å². The molecule has 2 saturated carbocycles. The van der Waals surface area contributed by atoms with Gasteiger partial charge in [0.2, 0.25) is 5.91 Å². The number of piperazine rings is 1. The van der Waals surface area contributed by atoms with Crippen molar-refractivity contribution in [2.45, 2.75) is 50.6 Å². The Morgan fingerprint density at radius 2 is 1.59 bits per heavy atom. The Hall–Kier alpha value is -2.15. The largest absolute Gasteiger partial charge is 0.484 e. The van der Waals surface area contributed by atoms with E-state index in [-0.39, 0.29) is 24.2 Å². The molecular weight excluding hydrogens is 373 g/mol. The predicted octanol–water partition coefficient (Wildman–Crippen LogP) is 2.28. The van der Waals surface area contributed by atoms with E-state index in [2.05, 4.69) is 9.80 Å². The second kappa shape index (κ2) is 9.11. The number of hydrogen-bond acceptors (Lipinski definition) is 4. The van der Waals surface area contributed by atoms with E-state index in [0.29, 0.717) is 50.6 Å². The lowest BCUT2D eigenvalue weighted by Crippen LogP contribution is -2.53. The fourth-order valence-electron chi connectivity index (χ4n) is 4.44. The van der Waals surface area contributed by atoms with Crippen LogP contribution in [0.4, 0.5) is 4.39 Å². The molecule has 1 saturated heterocycles. The molecule has 0 radical (unpaired) electrons. The highest BCUT2D eigenvalue weighted by atomic mass is 19.1. The zero-order chi connectivity index (χ0) is 20.2. The van der Waals surface area contributed by atoms with E-state index in [1.807, 2.05) is 0 Å². The van der Waals surface area contributed by atoms with Gasteiger partial charge < -0.3 is 14.5 Å². The van der Waals surface area contributed by atoms with Crippen LogP contribution in [0.5, 0.6) is 5.75 Å². The first-order chi connectivity index (χ1) is 14.1. The quantitative estimate of drug-likeness (QED) is 0.701. The summed E-state index contributed by atoms with van der Waals surface area (Å²) in [7, 11) is 0. The topological polar surface area (TPSA) is 53.1 Å². The fraction of sp³-hybridized carbons (Fsp3) is 0.636. The van der Waals surface area contributed by atoms with E-state index in [0.717, 1.165) is 25.7 Å². The predicted molar refractivity (Wildman–Crippen MR) is 107 cm³/mol. The Labute approximate surface area is 171 Å². The summed E-state index contributed by atoms with van der Waals surface area (Å²) in [5.41, 5.74) is 0. The van der Waals surface area contributed by atoms with Crippen molar-refractivity contribution < 1.29 is 18.7 Å². The van der Waals surface area contributed by atoms with Crippen LogP contribution in [0.1, 0.15) is 38.5 Å². The van der Waals surface area contributed by atoms with E-state index in [9.17, 15) is 14.0 Å². The first-order valence-electron chi connectivity index (χ1n) is 10.8. The smallest absolute Gasteiger partial charge is 0.260 e. The molecule has 1 aliphatic heterocycles. The molecular formula is C22H30FN3O3. The normalized spacial score (nSPS) is 20.7. The average Bonchev–Trinajstić information content (AvgIpc) is 3.41. The summed E-state index contributed by atoms with van der Waals surface area (Å²) < 4.78 is 18.4. The molecule has 29 heavy (non-hydrogen) atoms. The molecule has 3 aliphatic rings. The number of nitrogens with zero attached hydrogens (tertiary/aromatic N) is 3. The molecule has 6 nitrogen and oxygen atoms in total. The summed E-state index contributed by atoms with van der Waals surface area (Å²) in [6.07, 6.45) is 7.08. The van der Waals surface area contributed by atoms with Gasteiger partial charge in [0.15, 0.2) is 6.61 Å². The van der Waals surface area contributed by atoms with Crippen LogP contribution < -0.4 is 4.74 Å². The van der Waals surface area contributed by atoms with Gasteiger partial charge >= 0.3 is 0 Å². The fourth-order valence-corrected chi connectivity index (χ4v) is 4.44. The Bertz CT molecular complexity index is 709. The summed E-state index contributed by atoms with van der Waals surface area (Å²) in [5.74, 6) is 0.336. The van der Waals surface area contributed by atoms with Crippen LogP contribution in [0.2, 0.25) is 0 Å². The third-order valence-corrected chi connectivity index (χ3v) is 6.21. The van der Waals surface area contributed by atoms with E-state index < -0.39 is 0 Å². The van der Waals surface area contributed by atoms with Crippen LogP contribution in [-0.4, -0.2) is 77.9 Å². The maximum atomic E-state index is 12.9. The van der Waals surface area contributed by atoms with Crippen LogP contribution in [0.15, 0.2) is 24.3 Å². The van der Waals surface area contributed by atoms with Crippen LogP contribution in [0.3, 0.4) is 0 Å². The van der Waals surface area contributed by atoms with Crippen LogP contribution in [0, 0.1) is 5.82 Å². The zero-order valence-corrected chi connectivity index (χ0v) is 16.9. The first-order valence-corrected chi connectivity index (χ1v) is 10.8. The summed E-state index contributed by atoms with van der Waals surface area (Å²) >= 11 is 0. The van der Waals surface area contributed by atoms with E-state index >= 15 is 0 Å². The van der Waals surface area contributed by atoms with E-state index in [1.54, 1.807) is 4.90 Å². The minimum absolute atomic E-state index is 0.0539. The molecule has 158 valence electrons. The molecule has 0 N–H and O–H groups in total. The molecule has 7 heteroatoms. The minimum atomic E-state index is -0.331. The second-order valence-electron chi connectivity index (χ2n) is 8.37. The highest BCUT2D eigenvalue weighted by Crippen LogP contribution is 2.34. The number of ether oxygens (including phenoxy) is 1. The lowest BCUT2D eigenvalue weighted by molar-refractivity contribution is -0.137. The van der Waals surface area contributed by atoms with Gasteiger partial charge in [-0.2, -0.15) is 0 Å². The molecule has 1 heterocycles. The van der Waals surface area contributed by atoms with Gasteiger partial charge in [0, 0.05) is 38.3 Å². The number of carbonyl (C=O) groups is 2. The maximum Gasteiger partial charge on any atom is 0.260 e. The average molecular weight is 403 g/mol. The number of halogens is 1. The van der Waals surface area contributed by atoms with Crippen LogP contribution in [-0.2, 0) is 9.59 Å². The maximum absolute atomic E-state index is 12.9. The van der Waals surface area contributed by atoms with E-state index in [1.165, 1.54) is 37.1 Å². The van der Waals surface area contributed by atoms with Gasteiger partial charge in [-0.3, -0.25) is 14.5 Å². The lowest BCUT2D eigenvalue weighted by atomic mass is 10.2. The molecule has 0 bridgehead atoms. The Kier molecular flexibility index (Phi) is 6.33. The van der Waals surface area contributed by atoms with Crippen molar-refractivity contribution in [3.05, 3.63) is 30.1 Å². The molecule has 4 rings (SSSR count). The lowest BCUT2D eigenvalue weighted by Gasteiger charge is -2.36.